The monoisotopic (exact) mass is 388 g/mol. The number of amides is 1. The van der Waals surface area contributed by atoms with Gasteiger partial charge in [-0.15, -0.1) is 0 Å². The van der Waals surface area contributed by atoms with Crippen molar-refractivity contribution in [1.82, 2.24) is 25.1 Å². The quantitative estimate of drug-likeness (QED) is 0.687. The first kappa shape index (κ1) is 17.8. The number of piperidine rings is 1. The predicted molar refractivity (Wildman–Crippen MR) is 110 cm³/mol. The number of rotatable bonds is 4. The molecule has 29 heavy (non-hydrogen) atoms. The fourth-order valence-electron chi connectivity index (χ4n) is 4.53. The number of likely N-dealkylation sites (tertiary alicyclic amines) is 1. The Kier molecular flexibility index (Phi) is 4.50. The summed E-state index contributed by atoms with van der Waals surface area (Å²) in [5, 5.41) is 12.4. The lowest BCUT2D eigenvalue weighted by molar-refractivity contribution is -0.127. The summed E-state index contributed by atoms with van der Waals surface area (Å²) < 4.78 is 1.86. The third kappa shape index (κ3) is 3.37. The van der Waals surface area contributed by atoms with Crippen LogP contribution < -0.4 is 4.90 Å². The van der Waals surface area contributed by atoms with Crippen molar-refractivity contribution in [3.63, 3.8) is 0 Å². The first-order chi connectivity index (χ1) is 14.2. The number of tetrazole rings is 1. The minimum atomic E-state index is 0.250. The minimum absolute atomic E-state index is 0.250. The van der Waals surface area contributed by atoms with E-state index in [1.807, 2.05) is 22.7 Å². The molecule has 0 saturated carbocycles. The van der Waals surface area contributed by atoms with E-state index in [-0.39, 0.29) is 11.9 Å². The molecule has 7 nitrogen and oxygen atoms in total. The zero-order chi connectivity index (χ0) is 19.8. The summed E-state index contributed by atoms with van der Waals surface area (Å²) in [5.41, 5.74) is 3.56. The molecule has 5 rings (SSSR count). The maximum absolute atomic E-state index is 12.0. The van der Waals surface area contributed by atoms with Crippen molar-refractivity contribution < 1.29 is 4.79 Å². The van der Waals surface area contributed by atoms with Gasteiger partial charge in [0, 0.05) is 26.6 Å². The molecule has 2 aliphatic heterocycles. The van der Waals surface area contributed by atoms with Gasteiger partial charge in [-0.25, -0.2) is 4.68 Å². The Morgan fingerprint density at radius 3 is 2.59 bits per heavy atom. The Morgan fingerprint density at radius 2 is 1.79 bits per heavy atom. The molecule has 7 heteroatoms. The Morgan fingerprint density at radius 1 is 1.03 bits per heavy atom. The van der Waals surface area contributed by atoms with Crippen LogP contribution in [0.4, 0.5) is 5.95 Å². The summed E-state index contributed by atoms with van der Waals surface area (Å²) >= 11 is 0. The van der Waals surface area contributed by atoms with Gasteiger partial charge in [0.2, 0.25) is 11.9 Å². The van der Waals surface area contributed by atoms with Crippen molar-refractivity contribution in [2.24, 2.45) is 5.92 Å². The molecule has 1 amide bonds. The molecule has 2 aromatic carbocycles. The van der Waals surface area contributed by atoms with Gasteiger partial charge < -0.3 is 9.80 Å². The summed E-state index contributed by atoms with van der Waals surface area (Å²) in [4.78, 5) is 16.1. The second-order valence-corrected chi connectivity index (χ2v) is 7.97. The van der Waals surface area contributed by atoms with E-state index < -0.39 is 0 Å². The lowest BCUT2D eigenvalue weighted by Gasteiger charge is -2.37. The number of carbonyl (C=O) groups excluding carboxylic acids is 1. The van der Waals surface area contributed by atoms with Crippen LogP contribution in [0, 0.1) is 5.92 Å². The lowest BCUT2D eigenvalue weighted by Crippen LogP contribution is -2.48. The van der Waals surface area contributed by atoms with Crippen molar-refractivity contribution in [2.75, 3.05) is 25.0 Å². The molecule has 3 aromatic rings. The highest BCUT2D eigenvalue weighted by Gasteiger charge is 2.41. The first-order valence-electron chi connectivity index (χ1n) is 10.1. The van der Waals surface area contributed by atoms with Crippen molar-refractivity contribution >= 4 is 11.9 Å². The fourth-order valence-corrected chi connectivity index (χ4v) is 4.53. The van der Waals surface area contributed by atoms with E-state index in [0.29, 0.717) is 18.9 Å². The van der Waals surface area contributed by atoms with Crippen LogP contribution in [0.25, 0.3) is 11.1 Å². The number of likely N-dealkylation sites (N-methyl/N-ethyl adjacent to an activating group) is 1. The average molecular weight is 388 g/mol. The lowest BCUT2D eigenvalue weighted by atomic mass is 9.92. The molecule has 2 saturated heterocycles. The summed E-state index contributed by atoms with van der Waals surface area (Å²) in [6, 6.07) is 19.1. The molecule has 0 N–H and O–H groups in total. The number of carbonyl (C=O) groups is 1. The Labute approximate surface area is 169 Å². The van der Waals surface area contributed by atoms with Gasteiger partial charge >= 0.3 is 0 Å². The van der Waals surface area contributed by atoms with Crippen LogP contribution in [-0.4, -0.2) is 57.2 Å². The van der Waals surface area contributed by atoms with Gasteiger partial charge in [0.1, 0.15) is 0 Å². The summed E-state index contributed by atoms with van der Waals surface area (Å²) in [5.74, 6) is 1.49. The topological polar surface area (TPSA) is 67.2 Å². The van der Waals surface area contributed by atoms with E-state index in [9.17, 15) is 4.79 Å². The van der Waals surface area contributed by atoms with Gasteiger partial charge in [-0.1, -0.05) is 59.7 Å². The molecule has 148 valence electrons. The van der Waals surface area contributed by atoms with Gasteiger partial charge in [0.25, 0.3) is 0 Å². The van der Waals surface area contributed by atoms with Crippen LogP contribution >= 0.6 is 0 Å². The van der Waals surface area contributed by atoms with Crippen LogP contribution in [0.1, 0.15) is 18.4 Å². The average Bonchev–Trinajstić information content (AvgIpc) is 3.33. The normalized spacial score (nSPS) is 21.5. The zero-order valence-corrected chi connectivity index (χ0v) is 16.5. The Hall–Kier alpha value is -3.22. The van der Waals surface area contributed by atoms with Crippen LogP contribution in [0.3, 0.4) is 0 Å². The number of hydrogen-bond acceptors (Lipinski definition) is 5. The van der Waals surface area contributed by atoms with E-state index in [4.69, 9.17) is 0 Å². The predicted octanol–water partition coefficient (Wildman–Crippen LogP) is 2.45. The Bertz CT molecular complexity index is 1000. The fraction of sp³-hybridized carbons (Fsp3) is 0.364. The van der Waals surface area contributed by atoms with Gasteiger partial charge in [0.05, 0.1) is 12.6 Å². The van der Waals surface area contributed by atoms with E-state index >= 15 is 0 Å². The molecule has 0 spiro atoms. The van der Waals surface area contributed by atoms with Gasteiger partial charge in [0.15, 0.2) is 0 Å². The van der Waals surface area contributed by atoms with E-state index in [0.717, 1.165) is 31.0 Å². The summed E-state index contributed by atoms with van der Waals surface area (Å²) in [7, 11) is 1.91. The maximum Gasteiger partial charge on any atom is 0.245 e. The van der Waals surface area contributed by atoms with E-state index in [2.05, 4.69) is 69.0 Å². The Balaban J connectivity index is 1.31. The first-order valence-corrected chi connectivity index (χ1v) is 10.1. The maximum atomic E-state index is 12.0. The molecular formula is C22H24N6O. The SMILES string of the molecule is CN1C(=O)C[C@H]2CCN(c3nnnn3Cc3ccc(-c4ccccc4)cc3)C[C@H]21. The standard InChI is InChI=1S/C22H24N6O/c1-26-20-15-27(12-11-19(20)13-21(26)29)22-23-24-25-28(22)14-16-7-9-18(10-8-16)17-5-3-2-4-6-17/h2-10,19-20H,11-15H2,1H3/t19-,20-/m1/s1. The van der Waals surface area contributed by atoms with Crippen LogP contribution in [0.5, 0.6) is 0 Å². The largest absolute Gasteiger partial charge is 0.341 e. The van der Waals surface area contributed by atoms with Crippen LogP contribution in [0.2, 0.25) is 0 Å². The van der Waals surface area contributed by atoms with Gasteiger partial charge in [-0.05, 0) is 39.5 Å². The molecule has 2 atom stereocenters. The number of fused-ring (bicyclic) bond motifs is 1. The molecule has 0 unspecified atom stereocenters. The van der Waals surface area contributed by atoms with Crippen molar-refractivity contribution in [1.29, 1.82) is 0 Å². The molecule has 0 bridgehead atoms. The number of hydrogen-bond donors (Lipinski definition) is 0. The highest BCUT2D eigenvalue weighted by molar-refractivity contribution is 5.79. The molecule has 2 fully saturated rings. The van der Waals surface area contributed by atoms with Gasteiger partial charge in [-0.2, -0.15) is 0 Å². The molecule has 2 aliphatic rings. The van der Waals surface area contributed by atoms with Crippen molar-refractivity contribution in [2.45, 2.75) is 25.4 Å². The molecule has 3 heterocycles. The van der Waals surface area contributed by atoms with E-state index in [1.165, 1.54) is 11.1 Å². The van der Waals surface area contributed by atoms with E-state index in [1.54, 1.807) is 0 Å². The second-order valence-electron chi connectivity index (χ2n) is 7.97. The second kappa shape index (κ2) is 7.31. The molecule has 0 aliphatic carbocycles. The third-order valence-corrected chi connectivity index (χ3v) is 6.24. The smallest absolute Gasteiger partial charge is 0.245 e. The highest BCUT2D eigenvalue weighted by Crippen LogP contribution is 2.32. The summed E-state index contributed by atoms with van der Waals surface area (Å²) in [6.45, 7) is 2.30. The number of nitrogens with zero attached hydrogens (tertiary/aromatic N) is 6. The minimum Gasteiger partial charge on any atom is -0.341 e. The van der Waals surface area contributed by atoms with Crippen LogP contribution in [-0.2, 0) is 11.3 Å². The van der Waals surface area contributed by atoms with Crippen LogP contribution in [0.15, 0.2) is 54.6 Å². The summed E-state index contributed by atoms with van der Waals surface area (Å²) in [6.07, 6.45) is 1.67. The van der Waals surface area contributed by atoms with Crippen molar-refractivity contribution in [3.05, 3.63) is 60.2 Å². The molecular weight excluding hydrogens is 364 g/mol. The highest BCUT2D eigenvalue weighted by atomic mass is 16.2. The third-order valence-electron chi connectivity index (χ3n) is 6.24. The zero-order valence-electron chi connectivity index (χ0n) is 16.5. The van der Waals surface area contributed by atoms with Crippen molar-refractivity contribution in [3.8, 4) is 11.1 Å². The number of anilines is 1. The number of benzene rings is 2. The molecule has 1 aromatic heterocycles. The molecule has 0 radical (unpaired) electrons. The number of aromatic nitrogens is 4. The van der Waals surface area contributed by atoms with Gasteiger partial charge in [-0.3, -0.25) is 4.79 Å².